The van der Waals surface area contributed by atoms with Crippen LogP contribution < -0.4 is 14.9 Å². The van der Waals surface area contributed by atoms with Crippen LogP contribution in [0.3, 0.4) is 0 Å². The first-order valence-electron chi connectivity index (χ1n) is 8.05. The molecular formula is C18H21NO5. The van der Waals surface area contributed by atoms with E-state index in [4.69, 9.17) is 14.2 Å². The Labute approximate surface area is 139 Å². The van der Waals surface area contributed by atoms with E-state index >= 15 is 0 Å². The Kier molecular flexibility index (Phi) is 4.46. The molecule has 0 atom stereocenters. The summed E-state index contributed by atoms with van der Waals surface area (Å²) in [5.41, 5.74) is 0.436. The molecule has 1 heterocycles. The van der Waals surface area contributed by atoms with Gasteiger partial charge in [-0.3, -0.25) is 4.79 Å². The van der Waals surface area contributed by atoms with Crippen molar-refractivity contribution in [1.82, 2.24) is 4.57 Å². The van der Waals surface area contributed by atoms with Gasteiger partial charge < -0.3 is 18.8 Å². The lowest BCUT2D eigenvalue weighted by Gasteiger charge is -2.15. The highest BCUT2D eigenvalue weighted by atomic mass is 16.5. The van der Waals surface area contributed by atoms with Crippen LogP contribution in [0.25, 0.3) is 10.9 Å². The maximum Gasteiger partial charge on any atom is 0.343 e. The number of aromatic nitrogens is 1. The average Bonchev–Trinajstić information content (AvgIpc) is 3.40. The van der Waals surface area contributed by atoms with E-state index in [-0.39, 0.29) is 17.6 Å². The Bertz CT molecular complexity index is 835. The maximum absolute atomic E-state index is 12.8. The van der Waals surface area contributed by atoms with Crippen molar-refractivity contribution >= 4 is 16.9 Å². The van der Waals surface area contributed by atoms with E-state index in [1.54, 1.807) is 32.4 Å². The number of fused-ring (bicyclic) bond motifs is 1. The summed E-state index contributed by atoms with van der Waals surface area (Å²) in [5, 5.41) is 0.429. The number of benzene rings is 1. The van der Waals surface area contributed by atoms with Crippen LogP contribution in [0, 0.1) is 5.92 Å². The number of ether oxygens (including phenoxy) is 3. The van der Waals surface area contributed by atoms with E-state index in [1.165, 1.54) is 7.11 Å². The maximum atomic E-state index is 12.8. The molecule has 6 heteroatoms. The summed E-state index contributed by atoms with van der Waals surface area (Å²) in [6.45, 7) is 2.71. The third-order valence-corrected chi connectivity index (χ3v) is 4.23. The van der Waals surface area contributed by atoms with Crippen LogP contribution in [0.2, 0.25) is 0 Å². The van der Waals surface area contributed by atoms with Gasteiger partial charge in [0.2, 0.25) is 5.43 Å². The number of esters is 1. The SMILES string of the molecule is CCOC(=O)c1cn(CC2CC2)c2cc(OC)c(OC)cc2c1=O. The minimum Gasteiger partial charge on any atom is -0.493 e. The number of nitrogens with zero attached hydrogens (tertiary/aromatic N) is 1. The monoisotopic (exact) mass is 331 g/mol. The van der Waals surface area contributed by atoms with Gasteiger partial charge in [0.15, 0.2) is 11.5 Å². The molecule has 0 unspecified atom stereocenters. The molecule has 128 valence electrons. The number of pyridine rings is 1. The summed E-state index contributed by atoms with van der Waals surface area (Å²) in [6.07, 6.45) is 3.93. The number of carbonyl (C=O) groups is 1. The lowest BCUT2D eigenvalue weighted by Crippen LogP contribution is -2.21. The highest BCUT2D eigenvalue weighted by Crippen LogP contribution is 2.34. The molecule has 1 aliphatic carbocycles. The van der Waals surface area contributed by atoms with Crippen LogP contribution >= 0.6 is 0 Å². The molecule has 1 aromatic carbocycles. The van der Waals surface area contributed by atoms with Gasteiger partial charge in [-0.15, -0.1) is 0 Å². The summed E-state index contributed by atoms with van der Waals surface area (Å²) in [7, 11) is 3.07. The highest BCUT2D eigenvalue weighted by molar-refractivity contribution is 5.94. The minimum atomic E-state index is -0.594. The fourth-order valence-electron chi connectivity index (χ4n) is 2.80. The zero-order valence-electron chi connectivity index (χ0n) is 14.1. The molecule has 0 N–H and O–H groups in total. The second-order valence-electron chi connectivity index (χ2n) is 5.91. The van der Waals surface area contributed by atoms with E-state index < -0.39 is 5.97 Å². The highest BCUT2D eigenvalue weighted by Gasteiger charge is 2.25. The molecular weight excluding hydrogens is 310 g/mol. The second kappa shape index (κ2) is 6.55. The molecule has 0 spiro atoms. The van der Waals surface area contributed by atoms with Gasteiger partial charge in [-0.1, -0.05) is 0 Å². The summed E-state index contributed by atoms with van der Waals surface area (Å²) >= 11 is 0. The molecule has 1 fully saturated rings. The van der Waals surface area contributed by atoms with Crippen LogP contribution in [-0.4, -0.2) is 31.4 Å². The Balaban J connectivity index is 2.25. The Morgan fingerprint density at radius 1 is 1.21 bits per heavy atom. The molecule has 1 saturated carbocycles. The molecule has 24 heavy (non-hydrogen) atoms. The molecule has 0 amide bonds. The van der Waals surface area contributed by atoms with E-state index in [0.29, 0.717) is 22.8 Å². The third kappa shape index (κ3) is 2.96. The quantitative estimate of drug-likeness (QED) is 0.761. The van der Waals surface area contributed by atoms with Gasteiger partial charge in [0.1, 0.15) is 5.56 Å². The normalized spacial score (nSPS) is 13.8. The Morgan fingerprint density at radius 3 is 2.46 bits per heavy atom. The first-order chi connectivity index (χ1) is 11.6. The van der Waals surface area contributed by atoms with Crippen molar-refractivity contribution in [2.45, 2.75) is 26.3 Å². The number of hydrogen-bond donors (Lipinski definition) is 0. The molecule has 0 radical (unpaired) electrons. The number of hydrogen-bond acceptors (Lipinski definition) is 5. The number of carbonyl (C=O) groups excluding carboxylic acids is 1. The molecule has 1 aliphatic rings. The van der Waals surface area contributed by atoms with Crippen molar-refractivity contribution in [2.24, 2.45) is 5.92 Å². The molecule has 2 aromatic rings. The van der Waals surface area contributed by atoms with E-state index in [9.17, 15) is 9.59 Å². The standard InChI is InChI=1S/C18H21NO5/c1-4-24-18(21)13-10-19(9-11-5-6-11)14-8-16(23-3)15(22-2)7-12(14)17(13)20/h7-8,10-11H,4-6,9H2,1-3H3. The van der Waals surface area contributed by atoms with Gasteiger partial charge >= 0.3 is 5.97 Å². The van der Waals surface area contributed by atoms with Crippen LogP contribution in [0.4, 0.5) is 0 Å². The summed E-state index contributed by atoms with van der Waals surface area (Å²) in [4.78, 5) is 24.9. The second-order valence-corrected chi connectivity index (χ2v) is 5.91. The zero-order valence-corrected chi connectivity index (χ0v) is 14.1. The molecule has 6 nitrogen and oxygen atoms in total. The van der Waals surface area contributed by atoms with Crippen molar-refractivity contribution in [2.75, 3.05) is 20.8 Å². The third-order valence-electron chi connectivity index (χ3n) is 4.23. The van der Waals surface area contributed by atoms with E-state index in [2.05, 4.69) is 0 Å². The van der Waals surface area contributed by atoms with Crippen LogP contribution in [0.15, 0.2) is 23.1 Å². The fourth-order valence-corrected chi connectivity index (χ4v) is 2.80. The molecule has 3 rings (SSSR count). The molecule has 0 bridgehead atoms. The molecule has 1 aromatic heterocycles. The Morgan fingerprint density at radius 2 is 1.88 bits per heavy atom. The van der Waals surface area contributed by atoms with Gasteiger partial charge in [-0.25, -0.2) is 4.79 Å². The van der Waals surface area contributed by atoms with Gasteiger partial charge in [-0.2, -0.15) is 0 Å². The Hall–Kier alpha value is -2.50. The van der Waals surface area contributed by atoms with E-state index in [1.807, 2.05) is 4.57 Å². The minimum absolute atomic E-state index is 0.0530. The zero-order chi connectivity index (χ0) is 17.3. The van der Waals surface area contributed by atoms with Crippen molar-refractivity contribution in [3.05, 3.63) is 34.1 Å². The topological polar surface area (TPSA) is 66.8 Å². The van der Waals surface area contributed by atoms with Crippen molar-refractivity contribution in [3.63, 3.8) is 0 Å². The van der Waals surface area contributed by atoms with Gasteiger partial charge in [-0.05, 0) is 31.7 Å². The van der Waals surface area contributed by atoms with Crippen LogP contribution in [-0.2, 0) is 11.3 Å². The molecule has 0 aliphatic heterocycles. The fraction of sp³-hybridized carbons (Fsp3) is 0.444. The average molecular weight is 331 g/mol. The van der Waals surface area contributed by atoms with Crippen LogP contribution in [0.1, 0.15) is 30.1 Å². The predicted octanol–water partition coefficient (Wildman–Crippen LogP) is 2.61. The number of rotatable bonds is 6. The van der Waals surface area contributed by atoms with Gasteiger partial charge in [0, 0.05) is 18.8 Å². The van der Waals surface area contributed by atoms with Gasteiger partial charge in [0.05, 0.1) is 31.7 Å². The number of methoxy groups -OCH3 is 2. The smallest absolute Gasteiger partial charge is 0.343 e. The van der Waals surface area contributed by atoms with Crippen molar-refractivity contribution in [3.8, 4) is 11.5 Å². The van der Waals surface area contributed by atoms with Crippen LogP contribution in [0.5, 0.6) is 11.5 Å². The van der Waals surface area contributed by atoms with Crippen molar-refractivity contribution < 1.29 is 19.0 Å². The largest absolute Gasteiger partial charge is 0.493 e. The summed E-state index contributed by atoms with van der Waals surface area (Å²) < 4.78 is 17.6. The first-order valence-corrected chi connectivity index (χ1v) is 8.05. The first kappa shape index (κ1) is 16.4. The molecule has 0 saturated heterocycles. The summed E-state index contributed by atoms with van der Waals surface area (Å²) in [6, 6.07) is 3.41. The predicted molar refractivity (Wildman–Crippen MR) is 90.0 cm³/mol. The van der Waals surface area contributed by atoms with Crippen molar-refractivity contribution in [1.29, 1.82) is 0 Å². The summed E-state index contributed by atoms with van der Waals surface area (Å²) in [5.74, 6) is 1.00. The van der Waals surface area contributed by atoms with E-state index in [0.717, 1.165) is 24.9 Å². The lowest BCUT2D eigenvalue weighted by molar-refractivity contribution is 0.0524. The van der Waals surface area contributed by atoms with Gasteiger partial charge in [0.25, 0.3) is 0 Å². The lowest BCUT2D eigenvalue weighted by atomic mass is 10.1.